The standard InChI is InChI=1S/C17H25NOS2/c1-2-3-4-5-6-7-11-14-21-17(20)18-16(19)15-12-9-8-10-13-15/h8-10,12-13H,2-7,11,14H2,1H3,(H,18,19,20). The van der Waals surface area contributed by atoms with E-state index in [9.17, 15) is 4.79 Å². The zero-order chi connectivity index (χ0) is 15.3. The van der Waals surface area contributed by atoms with Crippen molar-refractivity contribution in [1.29, 1.82) is 0 Å². The molecule has 1 aromatic carbocycles. The lowest BCUT2D eigenvalue weighted by Crippen LogP contribution is -2.26. The number of nitrogens with one attached hydrogen (secondary N) is 1. The Hall–Kier alpha value is -0.870. The molecule has 116 valence electrons. The normalized spacial score (nSPS) is 10.3. The van der Waals surface area contributed by atoms with E-state index >= 15 is 0 Å². The summed E-state index contributed by atoms with van der Waals surface area (Å²) in [6.07, 6.45) is 9.08. The van der Waals surface area contributed by atoms with Crippen LogP contribution in [-0.4, -0.2) is 16.0 Å². The molecule has 0 fully saturated rings. The first kappa shape index (κ1) is 18.2. The zero-order valence-electron chi connectivity index (χ0n) is 12.8. The molecule has 0 saturated heterocycles. The Morgan fingerprint density at radius 1 is 1.05 bits per heavy atom. The predicted molar refractivity (Wildman–Crippen MR) is 97.0 cm³/mol. The van der Waals surface area contributed by atoms with Gasteiger partial charge in [-0.2, -0.15) is 0 Å². The number of hydrogen-bond acceptors (Lipinski definition) is 3. The van der Waals surface area contributed by atoms with Crippen LogP contribution in [0, 0.1) is 0 Å². The van der Waals surface area contributed by atoms with Gasteiger partial charge in [0.1, 0.15) is 4.32 Å². The molecule has 1 amide bonds. The third kappa shape index (κ3) is 8.89. The molecule has 0 radical (unpaired) electrons. The highest BCUT2D eigenvalue weighted by Gasteiger charge is 2.06. The Balaban J connectivity index is 2.05. The van der Waals surface area contributed by atoms with Gasteiger partial charge in [0.15, 0.2) is 0 Å². The van der Waals surface area contributed by atoms with Crippen LogP contribution in [0.4, 0.5) is 0 Å². The fourth-order valence-corrected chi connectivity index (χ4v) is 3.06. The number of carbonyl (C=O) groups excluding carboxylic acids is 1. The van der Waals surface area contributed by atoms with Gasteiger partial charge in [-0.3, -0.25) is 4.79 Å². The maximum atomic E-state index is 11.9. The van der Waals surface area contributed by atoms with Gasteiger partial charge in [-0.15, -0.1) is 0 Å². The van der Waals surface area contributed by atoms with Crippen molar-refractivity contribution in [3.63, 3.8) is 0 Å². The van der Waals surface area contributed by atoms with E-state index < -0.39 is 0 Å². The maximum Gasteiger partial charge on any atom is 0.256 e. The summed E-state index contributed by atoms with van der Waals surface area (Å²) in [5, 5.41) is 2.77. The van der Waals surface area contributed by atoms with Crippen molar-refractivity contribution < 1.29 is 4.79 Å². The van der Waals surface area contributed by atoms with Crippen molar-refractivity contribution in [3.8, 4) is 0 Å². The molecule has 0 unspecified atom stereocenters. The highest BCUT2D eigenvalue weighted by molar-refractivity contribution is 8.23. The number of thioether (sulfide) groups is 1. The number of unbranched alkanes of at least 4 members (excludes halogenated alkanes) is 6. The van der Waals surface area contributed by atoms with Crippen LogP contribution in [0.15, 0.2) is 30.3 Å². The van der Waals surface area contributed by atoms with E-state index in [-0.39, 0.29) is 5.91 Å². The molecule has 0 spiro atoms. The van der Waals surface area contributed by atoms with E-state index in [0.29, 0.717) is 9.88 Å². The molecule has 1 N–H and O–H groups in total. The van der Waals surface area contributed by atoms with Crippen LogP contribution < -0.4 is 5.32 Å². The van der Waals surface area contributed by atoms with Gasteiger partial charge in [-0.1, -0.05) is 87.6 Å². The average molecular weight is 324 g/mol. The molecular formula is C17H25NOS2. The molecule has 1 aromatic rings. The van der Waals surface area contributed by atoms with Gasteiger partial charge in [-0.25, -0.2) is 0 Å². The van der Waals surface area contributed by atoms with Crippen LogP contribution in [0.5, 0.6) is 0 Å². The molecule has 4 heteroatoms. The molecule has 21 heavy (non-hydrogen) atoms. The second-order valence-corrected chi connectivity index (χ2v) is 6.85. The van der Waals surface area contributed by atoms with E-state index in [0.717, 1.165) is 12.2 Å². The molecule has 0 aliphatic carbocycles. The second kappa shape index (κ2) is 11.8. The quantitative estimate of drug-likeness (QED) is 0.501. The summed E-state index contributed by atoms with van der Waals surface area (Å²) in [5.74, 6) is 0.870. The number of hydrogen-bond donors (Lipinski definition) is 1. The van der Waals surface area contributed by atoms with Crippen molar-refractivity contribution in [1.82, 2.24) is 5.32 Å². The predicted octanol–water partition coefficient (Wildman–Crippen LogP) is 5.19. The van der Waals surface area contributed by atoms with Gasteiger partial charge in [-0.05, 0) is 18.6 Å². The lowest BCUT2D eigenvalue weighted by Gasteiger charge is -2.06. The third-order valence-corrected chi connectivity index (χ3v) is 4.55. The minimum Gasteiger partial charge on any atom is -0.308 e. The number of amides is 1. The van der Waals surface area contributed by atoms with Gasteiger partial charge >= 0.3 is 0 Å². The van der Waals surface area contributed by atoms with Crippen LogP contribution >= 0.6 is 24.0 Å². The summed E-state index contributed by atoms with van der Waals surface area (Å²) in [6.45, 7) is 2.24. The fourth-order valence-electron chi connectivity index (χ4n) is 2.01. The largest absolute Gasteiger partial charge is 0.308 e. The van der Waals surface area contributed by atoms with Crippen LogP contribution in [-0.2, 0) is 0 Å². The lowest BCUT2D eigenvalue weighted by molar-refractivity contribution is 0.0978. The Kier molecular flexibility index (Phi) is 10.2. The Morgan fingerprint density at radius 3 is 2.33 bits per heavy atom. The summed E-state index contributed by atoms with van der Waals surface area (Å²) < 4.78 is 0.579. The zero-order valence-corrected chi connectivity index (χ0v) is 14.4. The smallest absolute Gasteiger partial charge is 0.256 e. The summed E-state index contributed by atoms with van der Waals surface area (Å²) in [7, 11) is 0. The fraction of sp³-hybridized carbons (Fsp3) is 0.529. The van der Waals surface area contributed by atoms with Crippen molar-refractivity contribution >= 4 is 34.2 Å². The number of thiocarbonyl (C=S) groups is 1. The van der Waals surface area contributed by atoms with Crippen LogP contribution in [0.1, 0.15) is 62.2 Å². The van der Waals surface area contributed by atoms with E-state index in [1.165, 1.54) is 38.5 Å². The first-order valence-electron chi connectivity index (χ1n) is 7.77. The number of benzene rings is 1. The molecule has 0 saturated carbocycles. The maximum absolute atomic E-state index is 11.9. The molecule has 0 bridgehead atoms. The molecule has 0 aliphatic heterocycles. The molecule has 0 heterocycles. The van der Waals surface area contributed by atoms with E-state index in [1.54, 1.807) is 23.9 Å². The summed E-state index contributed by atoms with van der Waals surface area (Å²) in [5.41, 5.74) is 0.649. The van der Waals surface area contributed by atoms with Gasteiger partial charge in [0.05, 0.1) is 0 Å². The number of rotatable bonds is 9. The van der Waals surface area contributed by atoms with E-state index in [1.807, 2.05) is 18.2 Å². The van der Waals surface area contributed by atoms with Crippen molar-refractivity contribution in [2.24, 2.45) is 0 Å². The summed E-state index contributed by atoms with van der Waals surface area (Å²) in [4.78, 5) is 11.9. The molecule has 0 aliphatic rings. The van der Waals surface area contributed by atoms with Crippen molar-refractivity contribution in [2.45, 2.75) is 51.9 Å². The highest BCUT2D eigenvalue weighted by Crippen LogP contribution is 2.11. The Morgan fingerprint density at radius 2 is 1.67 bits per heavy atom. The van der Waals surface area contributed by atoms with Gasteiger partial charge < -0.3 is 5.32 Å². The molecule has 0 aromatic heterocycles. The van der Waals surface area contributed by atoms with Crippen molar-refractivity contribution in [2.75, 3.05) is 5.75 Å². The van der Waals surface area contributed by atoms with Crippen LogP contribution in [0.2, 0.25) is 0 Å². The molecule has 2 nitrogen and oxygen atoms in total. The monoisotopic (exact) mass is 323 g/mol. The van der Waals surface area contributed by atoms with Gasteiger partial charge in [0.25, 0.3) is 5.91 Å². The Bertz CT molecular complexity index is 420. The third-order valence-electron chi connectivity index (χ3n) is 3.23. The average Bonchev–Trinajstić information content (AvgIpc) is 2.50. The number of carbonyl (C=O) groups is 1. The van der Waals surface area contributed by atoms with E-state index in [2.05, 4.69) is 12.2 Å². The minimum atomic E-state index is -0.118. The SMILES string of the molecule is CCCCCCCCCSC(=S)NC(=O)c1ccccc1. The Labute approximate surface area is 138 Å². The molecular weight excluding hydrogens is 298 g/mol. The van der Waals surface area contributed by atoms with E-state index in [4.69, 9.17) is 12.2 Å². The molecule has 0 atom stereocenters. The van der Waals surface area contributed by atoms with Gasteiger partial charge in [0.2, 0.25) is 0 Å². The molecule has 1 rings (SSSR count). The van der Waals surface area contributed by atoms with Crippen LogP contribution in [0.3, 0.4) is 0 Å². The van der Waals surface area contributed by atoms with Crippen molar-refractivity contribution in [3.05, 3.63) is 35.9 Å². The van der Waals surface area contributed by atoms with Gasteiger partial charge in [0, 0.05) is 11.3 Å². The minimum absolute atomic E-state index is 0.118. The summed E-state index contributed by atoms with van der Waals surface area (Å²) in [6, 6.07) is 9.18. The first-order valence-corrected chi connectivity index (χ1v) is 9.16. The van der Waals surface area contributed by atoms with Crippen LogP contribution in [0.25, 0.3) is 0 Å². The topological polar surface area (TPSA) is 29.1 Å². The highest BCUT2D eigenvalue weighted by atomic mass is 32.2. The lowest BCUT2D eigenvalue weighted by atomic mass is 10.1. The second-order valence-electron chi connectivity index (χ2n) is 5.08. The first-order chi connectivity index (χ1) is 10.2. The summed E-state index contributed by atoms with van der Waals surface area (Å²) >= 11 is 6.76.